The molecular formula is C56H84ClN3O8. The van der Waals surface area contributed by atoms with Gasteiger partial charge in [0.15, 0.2) is 5.78 Å². The fraction of sp³-hybridized carbons (Fsp3) is 0.786. The molecular weight excluding hydrogens is 878 g/mol. The number of hydrogen-bond donors (Lipinski definition) is 4. The minimum absolute atomic E-state index is 0.00372. The summed E-state index contributed by atoms with van der Waals surface area (Å²) in [5.41, 5.74) is 0.400. The number of nitrogens with one attached hydrogen (secondary N) is 2. The van der Waals surface area contributed by atoms with E-state index in [1.807, 2.05) is 27.7 Å². The molecule has 68 heavy (non-hydrogen) atoms. The van der Waals surface area contributed by atoms with Gasteiger partial charge in [0, 0.05) is 47.4 Å². The number of benzene rings is 1. The Morgan fingerprint density at radius 3 is 2.26 bits per heavy atom. The fourth-order valence-corrected chi connectivity index (χ4v) is 16.6. The number of rotatable bonds is 15. The maximum absolute atomic E-state index is 14.3. The number of halogens is 1. The summed E-state index contributed by atoms with van der Waals surface area (Å²) in [5, 5.41) is 29.5. The van der Waals surface area contributed by atoms with Gasteiger partial charge in [0.05, 0.1) is 23.5 Å². The van der Waals surface area contributed by atoms with Crippen molar-refractivity contribution < 1.29 is 38.9 Å². The molecule has 0 bridgehead atoms. The van der Waals surface area contributed by atoms with Gasteiger partial charge in [0.1, 0.15) is 18.5 Å². The summed E-state index contributed by atoms with van der Waals surface area (Å²) in [6.07, 6.45) is 9.67. The lowest BCUT2D eigenvalue weighted by atomic mass is 9.33. The quantitative estimate of drug-likeness (QED) is 0.125. The number of aliphatic hydroxyl groups is 1. The third kappa shape index (κ3) is 8.48. The molecule has 1 saturated heterocycles. The maximum Gasteiger partial charge on any atom is 0.309 e. The number of fused-ring (bicyclic) bond motifs is 7. The molecule has 6 fully saturated rings. The Hall–Kier alpha value is -2.99. The molecule has 1 aromatic rings. The highest BCUT2D eigenvalue weighted by Crippen LogP contribution is 2.77. The average Bonchev–Trinajstić information content (AvgIpc) is 3.87. The molecule has 0 unspecified atom stereocenters. The first-order chi connectivity index (χ1) is 31.7. The van der Waals surface area contributed by atoms with Gasteiger partial charge < -0.3 is 30.3 Å². The summed E-state index contributed by atoms with van der Waals surface area (Å²) in [6.45, 7) is 28.4. The number of Topliss-reactive ketones (excluding diaryl/α,β-unsaturated/α-hetero) is 1. The number of carboxylic acid groups (broad SMARTS) is 1. The Balaban J connectivity index is 0.950. The summed E-state index contributed by atoms with van der Waals surface area (Å²) in [7, 11) is 0. The van der Waals surface area contributed by atoms with Crippen LogP contribution in [0.1, 0.15) is 164 Å². The number of esters is 1. The van der Waals surface area contributed by atoms with E-state index < -0.39 is 40.3 Å². The molecule has 6 aliphatic carbocycles. The molecule has 4 N–H and O–H groups in total. The largest absolute Gasteiger partial charge is 0.491 e. The van der Waals surface area contributed by atoms with Crippen LogP contribution in [0.15, 0.2) is 29.3 Å². The molecule has 0 spiro atoms. The number of likely N-dealkylation sites (tertiary alicyclic amines) is 1. The number of allylic oxidation sites excluding steroid dienone is 1. The number of carboxylic acids is 1. The molecule has 1 amide bonds. The SMILES string of the molecule is CC(C)C1=C2[C@H]3CC[C@@H]4[C@@]5(C)CC[C@H](OC(=O)[C@H]6C[C@@H](C(=O)O)C6(C)C)C(C)(C)[C@@H]5CC[C@@]4(C)[C@]3(C)CC[C@@]2([C@@H](O)CNCC(C)(C)NC(=O)c2ccc(Cl)cc2OCCN2CCCC2)CC1=O. The molecule has 12 heteroatoms. The van der Waals surface area contributed by atoms with Gasteiger partial charge in [-0.05, 0) is 167 Å². The zero-order valence-electron chi connectivity index (χ0n) is 43.2. The van der Waals surface area contributed by atoms with E-state index in [0.717, 1.165) is 76.6 Å². The van der Waals surface area contributed by atoms with Crippen molar-refractivity contribution in [1.82, 2.24) is 15.5 Å². The summed E-state index contributed by atoms with van der Waals surface area (Å²) in [6, 6.07) is 5.13. The van der Waals surface area contributed by atoms with Gasteiger partial charge >= 0.3 is 11.9 Å². The van der Waals surface area contributed by atoms with E-state index in [2.05, 4.69) is 64.0 Å². The van der Waals surface area contributed by atoms with Crippen molar-refractivity contribution in [2.24, 2.45) is 68.0 Å². The van der Waals surface area contributed by atoms with Crippen LogP contribution in [0, 0.1) is 68.0 Å². The highest BCUT2D eigenvalue weighted by Gasteiger charge is 2.71. The predicted molar refractivity (Wildman–Crippen MR) is 265 cm³/mol. The van der Waals surface area contributed by atoms with Crippen molar-refractivity contribution >= 4 is 35.2 Å². The smallest absolute Gasteiger partial charge is 0.309 e. The second kappa shape index (κ2) is 18.2. The van der Waals surface area contributed by atoms with E-state index in [1.54, 1.807) is 18.2 Å². The lowest BCUT2D eigenvalue weighted by Crippen LogP contribution is -2.66. The zero-order chi connectivity index (χ0) is 49.6. The van der Waals surface area contributed by atoms with Gasteiger partial charge in [-0.25, -0.2) is 0 Å². The lowest BCUT2D eigenvalue weighted by molar-refractivity contribution is -0.238. The van der Waals surface area contributed by atoms with Gasteiger partial charge in [-0.2, -0.15) is 0 Å². The monoisotopic (exact) mass is 962 g/mol. The van der Waals surface area contributed by atoms with E-state index in [0.29, 0.717) is 60.7 Å². The first-order valence-corrected chi connectivity index (χ1v) is 26.7. The molecule has 1 heterocycles. The minimum atomic E-state index is -0.840. The number of carbonyl (C=O) groups is 4. The van der Waals surface area contributed by atoms with Crippen molar-refractivity contribution in [2.45, 2.75) is 171 Å². The van der Waals surface area contributed by atoms with Crippen molar-refractivity contribution in [3.8, 4) is 5.75 Å². The third-order valence-corrected chi connectivity index (χ3v) is 20.8. The fourth-order valence-electron chi connectivity index (χ4n) is 16.5. The van der Waals surface area contributed by atoms with Crippen LogP contribution in [0.4, 0.5) is 0 Å². The average molecular weight is 963 g/mol. The Morgan fingerprint density at radius 2 is 1.60 bits per heavy atom. The maximum atomic E-state index is 14.3. The number of aliphatic carboxylic acids is 1. The number of hydrogen-bond acceptors (Lipinski definition) is 9. The number of ketones is 1. The van der Waals surface area contributed by atoms with Crippen LogP contribution in [0.25, 0.3) is 0 Å². The number of aliphatic hydroxyl groups excluding tert-OH is 1. The van der Waals surface area contributed by atoms with Crippen LogP contribution >= 0.6 is 11.6 Å². The summed E-state index contributed by atoms with van der Waals surface area (Å²) in [4.78, 5) is 56.1. The highest BCUT2D eigenvalue weighted by molar-refractivity contribution is 6.30. The van der Waals surface area contributed by atoms with Crippen LogP contribution < -0.4 is 15.4 Å². The Bertz CT molecular complexity index is 2180. The molecule has 11 nitrogen and oxygen atoms in total. The van der Waals surface area contributed by atoms with Crippen LogP contribution in [0.3, 0.4) is 0 Å². The van der Waals surface area contributed by atoms with Crippen molar-refractivity contribution in [1.29, 1.82) is 0 Å². The molecule has 0 aromatic heterocycles. The van der Waals surface area contributed by atoms with Gasteiger partial charge in [-0.1, -0.05) is 79.5 Å². The summed E-state index contributed by atoms with van der Waals surface area (Å²) >= 11 is 6.36. The molecule has 0 radical (unpaired) electrons. The van der Waals surface area contributed by atoms with E-state index >= 15 is 0 Å². The molecule has 7 aliphatic rings. The number of carbonyl (C=O) groups excluding carboxylic acids is 3. The Labute approximate surface area is 412 Å². The summed E-state index contributed by atoms with van der Waals surface area (Å²) < 4.78 is 12.6. The van der Waals surface area contributed by atoms with Gasteiger partial charge in [0.2, 0.25) is 0 Å². The molecule has 8 rings (SSSR count). The second-order valence-corrected chi connectivity index (χ2v) is 26.1. The van der Waals surface area contributed by atoms with E-state index in [9.17, 15) is 29.4 Å². The van der Waals surface area contributed by atoms with Crippen LogP contribution in [-0.4, -0.2) is 95.8 Å². The molecule has 1 aliphatic heterocycles. The first kappa shape index (κ1) is 51.4. The van der Waals surface area contributed by atoms with Crippen LogP contribution in [0.5, 0.6) is 5.75 Å². The second-order valence-electron chi connectivity index (χ2n) is 25.7. The first-order valence-electron chi connectivity index (χ1n) is 26.3. The summed E-state index contributed by atoms with van der Waals surface area (Å²) in [5.74, 6) is -0.554. The van der Waals surface area contributed by atoms with Crippen molar-refractivity contribution in [2.75, 3.05) is 39.3 Å². The van der Waals surface area contributed by atoms with Crippen molar-refractivity contribution in [3.63, 3.8) is 0 Å². The van der Waals surface area contributed by atoms with Gasteiger partial charge in [-0.3, -0.25) is 24.1 Å². The number of amides is 1. The zero-order valence-corrected chi connectivity index (χ0v) is 44.0. The highest BCUT2D eigenvalue weighted by atomic mass is 35.5. The topological polar surface area (TPSA) is 154 Å². The minimum Gasteiger partial charge on any atom is -0.491 e. The predicted octanol–water partition coefficient (Wildman–Crippen LogP) is 9.91. The normalized spacial score (nSPS) is 36.8. The van der Waals surface area contributed by atoms with E-state index in [4.69, 9.17) is 21.1 Å². The van der Waals surface area contributed by atoms with E-state index in [-0.39, 0.29) is 57.3 Å². The van der Waals surface area contributed by atoms with Crippen LogP contribution in [0.2, 0.25) is 5.02 Å². The lowest BCUT2D eigenvalue weighted by Gasteiger charge is -2.72. The number of ether oxygens (including phenoxy) is 2. The molecule has 5 saturated carbocycles. The standard InChI is InChI=1S/C56H84ClN3O8/c1-33(2)45-39(61)30-56(43(62)31-58-32-50(3,4)59-47(63)35-15-14-34(57)28-40(35)67-27-26-60-24-12-13-25-60)23-22-54(10)36(46(45)56)16-17-42-53(9)20-19-44(52(7,8)41(53)18-21-55(42,54)11)68-49(66)38-29-37(48(64)65)51(38,5)6/h14-15,28,33,36-38,41-44,58,62H,12-13,16-27,29-32H2,1-11H3,(H,59,63)(H,64,65)/t36-,37+,38-,41+,42-,43+,44+,53+,54-,55-,56+/m1/s1. The Kier molecular flexibility index (Phi) is 13.8. The molecule has 11 atom stereocenters. The number of nitrogens with zero attached hydrogens (tertiary/aromatic N) is 1. The molecule has 378 valence electrons. The van der Waals surface area contributed by atoms with E-state index in [1.165, 1.54) is 18.4 Å². The molecule has 1 aromatic carbocycles. The van der Waals surface area contributed by atoms with Gasteiger partial charge in [-0.15, -0.1) is 0 Å². The van der Waals surface area contributed by atoms with Gasteiger partial charge in [0.25, 0.3) is 5.91 Å². The Morgan fingerprint density at radius 1 is 0.897 bits per heavy atom. The third-order valence-electron chi connectivity index (χ3n) is 20.6. The van der Waals surface area contributed by atoms with Crippen LogP contribution in [-0.2, 0) is 19.1 Å². The van der Waals surface area contributed by atoms with Crippen molar-refractivity contribution in [3.05, 3.63) is 39.9 Å².